The molecule has 0 spiro atoms. The molecule has 0 aliphatic rings. The van der Waals surface area contributed by atoms with Crippen LogP contribution < -0.4 is 0 Å². The van der Waals surface area contributed by atoms with Crippen molar-refractivity contribution >= 4 is 11.8 Å². The molecular formula is C8H16S. The van der Waals surface area contributed by atoms with Crippen molar-refractivity contribution in [2.75, 3.05) is 5.75 Å². The van der Waals surface area contributed by atoms with Crippen LogP contribution in [0.5, 0.6) is 0 Å². The molecule has 0 N–H and O–H groups in total. The number of rotatable bonds is 5. The van der Waals surface area contributed by atoms with E-state index >= 15 is 0 Å². The smallest absolute Gasteiger partial charge is 0.00469 e. The Labute approximate surface area is 63.4 Å². The zero-order valence-electron chi connectivity index (χ0n) is 6.23. The van der Waals surface area contributed by atoms with Crippen LogP contribution >= 0.6 is 11.8 Å². The molecule has 0 aromatic carbocycles. The molecule has 1 unspecified atom stereocenters. The van der Waals surface area contributed by atoms with E-state index in [-0.39, 0.29) is 0 Å². The molecule has 0 saturated carbocycles. The molecule has 1 atom stereocenters. The molecule has 0 aromatic heterocycles. The predicted molar refractivity (Wildman–Crippen MR) is 46.5 cm³/mol. The van der Waals surface area contributed by atoms with Crippen LogP contribution in [-0.4, -0.2) is 11.0 Å². The molecule has 0 heterocycles. The van der Waals surface area contributed by atoms with Gasteiger partial charge in [-0.05, 0) is 18.6 Å². The third kappa shape index (κ3) is 4.83. The minimum atomic E-state index is 0.757. The summed E-state index contributed by atoms with van der Waals surface area (Å²) in [5, 5.41) is 0.757. The van der Waals surface area contributed by atoms with Crippen molar-refractivity contribution in [1.29, 1.82) is 0 Å². The highest BCUT2D eigenvalue weighted by molar-refractivity contribution is 7.99. The summed E-state index contributed by atoms with van der Waals surface area (Å²) in [6.07, 6.45) is 3.32. The van der Waals surface area contributed by atoms with Gasteiger partial charge in [-0.3, -0.25) is 0 Å². The Hall–Kier alpha value is 0.350. The van der Waals surface area contributed by atoms with Gasteiger partial charge in [0.15, 0.2) is 0 Å². The Morgan fingerprint density at radius 3 is 2.44 bits per heavy atom. The second-order valence-electron chi connectivity index (χ2n) is 2.01. The Morgan fingerprint density at radius 1 is 1.44 bits per heavy atom. The normalized spacial score (nSPS) is 13.7. The fraction of sp³-hybridized carbons (Fsp3) is 0.750. The highest BCUT2D eigenvalue weighted by atomic mass is 32.2. The molecule has 0 amide bonds. The van der Waals surface area contributed by atoms with Crippen molar-refractivity contribution < 1.29 is 0 Å². The van der Waals surface area contributed by atoms with Gasteiger partial charge in [-0.2, -0.15) is 11.8 Å². The zero-order chi connectivity index (χ0) is 7.11. The van der Waals surface area contributed by atoms with Crippen molar-refractivity contribution in [3.63, 3.8) is 0 Å². The van der Waals surface area contributed by atoms with Crippen LogP contribution in [0.25, 0.3) is 0 Å². The fourth-order valence-electron chi connectivity index (χ4n) is 0.774. The zero-order valence-corrected chi connectivity index (χ0v) is 7.04. The molecule has 0 aromatic rings. The van der Waals surface area contributed by atoms with Gasteiger partial charge in [-0.15, -0.1) is 0 Å². The standard InChI is InChI=1S/C8H16S/c1-4-7-8(5-2)9-6-3/h8H,1-2,4-7H2,3H3. The first-order valence-corrected chi connectivity index (χ1v) is 4.60. The van der Waals surface area contributed by atoms with Crippen LogP contribution in [-0.2, 0) is 0 Å². The molecule has 0 aliphatic carbocycles. The van der Waals surface area contributed by atoms with Gasteiger partial charge in [0.05, 0.1) is 0 Å². The van der Waals surface area contributed by atoms with E-state index in [1.54, 1.807) is 0 Å². The second-order valence-corrected chi connectivity index (χ2v) is 3.59. The molecule has 0 bridgehead atoms. The van der Waals surface area contributed by atoms with Gasteiger partial charge in [0.1, 0.15) is 0 Å². The SMILES string of the molecule is [CH2]CCC(C[CH2])SCC. The van der Waals surface area contributed by atoms with Crippen molar-refractivity contribution in [3.05, 3.63) is 13.8 Å². The largest absolute Gasteiger partial charge is 0.159 e. The summed E-state index contributed by atoms with van der Waals surface area (Å²) >= 11 is 2.00. The summed E-state index contributed by atoms with van der Waals surface area (Å²) in [6, 6.07) is 0. The minimum absolute atomic E-state index is 0.757. The lowest BCUT2D eigenvalue weighted by atomic mass is 10.2. The van der Waals surface area contributed by atoms with E-state index in [9.17, 15) is 0 Å². The molecule has 0 aliphatic heterocycles. The van der Waals surface area contributed by atoms with Crippen molar-refractivity contribution in [3.8, 4) is 0 Å². The first-order valence-electron chi connectivity index (χ1n) is 3.55. The lowest BCUT2D eigenvalue weighted by molar-refractivity contribution is 0.778. The maximum Gasteiger partial charge on any atom is 0.00469 e. The van der Waals surface area contributed by atoms with Gasteiger partial charge in [0, 0.05) is 5.25 Å². The maximum atomic E-state index is 3.87. The molecule has 9 heavy (non-hydrogen) atoms. The number of thioether (sulfide) groups is 1. The third-order valence-electron chi connectivity index (χ3n) is 1.25. The predicted octanol–water partition coefficient (Wildman–Crippen LogP) is 2.95. The summed E-state index contributed by atoms with van der Waals surface area (Å²) in [4.78, 5) is 0. The Balaban J connectivity index is 3.18. The Morgan fingerprint density at radius 2 is 2.11 bits per heavy atom. The van der Waals surface area contributed by atoms with E-state index in [1.165, 1.54) is 12.2 Å². The van der Waals surface area contributed by atoms with Crippen LogP contribution in [0.4, 0.5) is 0 Å². The first-order chi connectivity index (χ1) is 4.35. The van der Waals surface area contributed by atoms with Gasteiger partial charge in [-0.25, -0.2) is 0 Å². The summed E-state index contributed by atoms with van der Waals surface area (Å²) in [5.41, 5.74) is 0. The lowest BCUT2D eigenvalue weighted by Gasteiger charge is -2.10. The van der Waals surface area contributed by atoms with Crippen molar-refractivity contribution in [1.82, 2.24) is 0 Å². The minimum Gasteiger partial charge on any atom is -0.159 e. The molecule has 54 valence electrons. The molecule has 0 saturated heterocycles. The molecule has 0 fully saturated rings. The molecular weight excluding hydrogens is 128 g/mol. The van der Waals surface area contributed by atoms with Crippen LogP contribution in [0.3, 0.4) is 0 Å². The third-order valence-corrected chi connectivity index (χ3v) is 2.53. The van der Waals surface area contributed by atoms with E-state index < -0.39 is 0 Å². The van der Waals surface area contributed by atoms with Gasteiger partial charge in [0.25, 0.3) is 0 Å². The van der Waals surface area contributed by atoms with Crippen LogP contribution in [0.2, 0.25) is 0 Å². The Bertz CT molecular complexity index is 46.5. The molecule has 1 heteroatoms. The van der Waals surface area contributed by atoms with Crippen molar-refractivity contribution in [2.45, 2.75) is 31.4 Å². The highest BCUT2D eigenvalue weighted by Gasteiger charge is 2.01. The average molecular weight is 144 g/mol. The second kappa shape index (κ2) is 6.47. The van der Waals surface area contributed by atoms with Crippen LogP contribution in [0.15, 0.2) is 0 Å². The van der Waals surface area contributed by atoms with Gasteiger partial charge < -0.3 is 0 Å². The summed E-state index contributed by atoms with van der Waals surface area (Å²) in [5.74, 6) is 1.21. The van der Waals surface area contributed by atoms with Crippen LogP contribution in [0, 0.1) is 13.8 Å². The lowest BCUT2D eigenvalue weighted by Crippen LogP contribution is -1.99. The van der Waals surface area contributed by atoms with E-state index in [1.807, 2.05) is 11.8 Å². The van der Waals surface area contributed by atoms with Gasteiger partial charge in [-0.1, -0.05) is 27.2 Å². The monoisotopic (exact) mass is 144 g/mol. The van der Waals surface area contributed by atoms with Gasteiger partial charge >= 0.3 is 0 Å². The van der Waals surface area contributed by atoms with E-state index in [4.69, 9.17) is 0 Å². The fourth-order valence-corrected chi connectivity index (χ4v) is 1.75. The number of hydrogen-bond donors (Lipinski definition) is 0. The summed E-state index contributed by atoms with van der Waals surface area (Å²) in [7, 11) is 0. The van der Waals surface area contributed by atoms with Crippen LogP contribution in [0.1, 0.15) is 26.2 Å². The van der Waals surface area contributed by atoms with Gasteiger partial charge in [0.2, 0.25) is 0 Å². The molecule has 0 rings (SSSR count). The molecule has 0 nitrogen and oxygen atoms in total. The van der Waals surface area contributed by atoms with E-state index in [2.05, 4.69) is 20.8 Å². The summed E-state index contributed by atoms with van der Waals surface area (Å²) < 4.78 is 0. The Kier molecular flexibility index (Phi) is 6.72. The number of hydrogen-bond acceptors (Lipinski definition) is 1. The summed E-state index contributed by atoms with van der Waals surface area (Å²) in [6.45, 7) is 9.88. The van der Waals surface area contributed by atoms with E-state index in [0.717, 1.165) is 18.1 Å². The average Bonchev–Trinajstić information content (AvgIpc) is 1.88. The first kappa shape index (κ1) is 9.35. The van der Waals surface area contributed by atoms with Crippen molar-refractivity contribution in [2.24, 2.45) is 0 Å². The highest BCUT2D eigenvalue weighted by Crippen LogP contribution is 2.18. The topological polar surface area (TPSA) is 0 Å². The maximum absolute atomic E-state index is 3.87. The molecule has 2 radical (unpaired) electrons. The quantitative estimate of drug-likeness (QED) is 0.571. The van der Waals surface area contributed by atoms with E-state index in [0.29, 0.717) is 0 Å².